The van der Waals surface area contributed by atoms with Crippen LogP contribution in [0.2, 0.25) is 0 Å². The third-order valence-electron chi connectivity index (χ3n) is 4.06. The number of nitrogens with zero attached hydrogens (tertiary/aromatic N) is 1. The van der Waals surface area contributed by atoms with Gasteiger partial charge in [-0.2, -0.15) is 0 Å². The Kier molecular flexibility index (Phi) is 6.36. The van der Waals surface area contributed by atoms with Gasteiger partial charge in [-0.05, 0) is 44.1 Å². The van der Waals surface area contributed by atoms with Crippen LogP contribution in [0.15, 0.2) is 17.5 Å². The number of hydrogen-bond acceptors (Lipinski definition) is 4. The molecule has 2 atom stereocenters. The number of amides is 1. The maximum atomic E-state index is 12.1. The van der Waals surface area contributed by atoms with Gasteiger partial charge < -0.3 is 10.0 Å². The number of rotatable bonds is 8. The van der Waals surface area contributed by atoms with Crippen molar-refractivity contribution >= 4 is 29.0 Å². The van der Waals surface area contributed by atoms with Gasteiger partial charge in [-0.15, -0.1) is 23.1 Å². The van der Waals surface area contributed by atoms with Gasteiger partial charge >= 0.3 is 0 Å². The molecule has 0 aliphatic carbocycles. The fraction of sp³-hybridized carbons (Fsp3) is 0.706. The van der Waals surface area contributed by atoms with Crippen LogP contribution in [0.3, 0.4) is 0 Å². The highest BCUT2D eigenvalue weighted by molar-refractivity contribution is 8.00. The van der Waals surface area contributed by atoms with E-state index in [2.05, 4.69) is 18.4 Å². The van der Waals surface area contributed by atoms with E-state index < -0.39 is 5.60 Å². The molecule has 1 aliphatic heterocycles. The Bertz CT molecular complexity index is 468. The molecule has 1 aromatic heterocycles. The normalized spacial score (nSPS) is 20.6. The van der Waals surface area contributed by atoms with E-state index in [1.165, 1.54) is 4.88 Å². The number of thioether (sulfide) groups is 1. The predicted molar refractivity (Wildman–Crippen MR) is 95.0 cm³/mol. The third kappa shape index (κ3) is 5.60. The van der Waals surface area contributed by atoms with Gasteiger partial charge in [-0.25, -0.2) is 0 Å². The lowest BCUT2D eigenvalue weighted by atomic mass is 9.95. The van der Waals surface area contributed by atoms with Gasteiger partial charge in [-0.3, -0.25) is 4.79 Å². The molecule has 2 rings (SSSR count). The van der Waals surface area contributed by atoms with E-state index in [0.717, 1.165) is 32.2 Å². The summed E-state index contributed by atoms with van der Waals surface area (Å²) in [4.78, 5) is 15.4. The first-order valence-electron chi connectivity index (χ1n) is 8.01. The summed E-state index contributed by atoms with van der Waals surface area (Å²) < 4.78 is 0. The average molecular weight is 342 g/mol. The van der Waals surface area contributed by atoms with Crippen LogP contribution in [-0.4, -0.2) is 32.6 Å². The molecule has 1 aromatic rings. The Hall–Kier alpha value is -0.520. The standard InChI is InChI=1S/C17H27NO2S2/c1-13(6-4-8-17(2,3)20)10-16-18(15(19)12-22-16)11-14-7-5-9-21-14/h5,7,9,13,16,20H,4,6,8,10-12H2,1-3H3. The van der Waals surface area contributed by atoms with Crippen LogP contribution in [0.4, 0.5) is 0 Å². The van der Waals surface area contributed by atoms with Gasteiger partial charge in [0.2, 0.25) is 5.91 Å². The second-order valence-electron chi connectivity index (χ2n) is 6.91. The van der Waals surface area contributed by atoms with Crippen molar-refractivity contribution in [2.75, 3.05) is 5.75 Å². The average Bonchev–Trinajstić information content (AvgIpc) is 3.02. The van der Waals surface area contributed by atoms with Crippen molar-refractivity contribution in [3.8, 4) is 0 Å². The zero-order valence-electron chi connectivity index (χ0n) is 13.7. The predicted octanol–water partition coefficient (Wildman–Crippen LogP) is 4.12. The quantitative estimate of drug-likeness (QED) is 0.773. The molecule has 1 aliphatic rings. The number of carbonyl (C=O) groups is 1. The van der Waals surface area contributed by atoms with E-state index >= 15 is 0 Å². The van der Waals surface area contributed by atoms with Crippen molar-refractivity contribution in [2.24, 2.45) is 5.92 Å². The molecule has 0 aromatic carbocycles. The second kappa shape index (κ2) is 7.84. The summed E-state index contributed by atoms with van der Waals surface area (Å²) in [6, 6.07) is 4.15. The third-order valence-corrected chi connectivity index (χ3v) is 6.17. The highest BCUT2D eigenvalue weighted by Crippen LogP contribution is 2.33. The molecular weight excluding hydrogens is 314 g/mol. The summed E-state index contributed by atoms with van der Waals surface area (Å²) in [7, 11) is 0. The SMILES string of the molecule is CC(CCCC(C)(C)O)CC1SCC(=O)N1Cc1cccs1. The van der Waals surface area contributed by atoms with Crippen molar-refractivity contribution in [1.82, 2.24) is 4.90 Å². The lowest BCUT2D eigenvalue weighted by Crippen LogP contribution is -2.33. The molecule has 3 nitrogen and oxygen atoms in total. The Balaban J connectivity index is 1.81. The van der Waals surface area contributed by atoms with Gasteiger partial charge in [0.05, 0.1) is 23.3 Å². The van der Waals surface area contributed by atoms with Crippen LogP contribution in [0.5, 0.6) is 0 Å². The van der Waals surface area contributed by atoms with Crippen molar-refractivity contribution in [3.63, 3.8) is 0 Å². The molecule has 1 fully saturated rings. The van der Waals surface area contributed by atoms with E-state index in [1.54, 1.807) is 23.1 Å². The van der Waals surface area contributed by atoms with Gasteiger partial charge in [0, 0.05) is 4.88 Å². The summed E-state index contributed by atoms with van der Waals surface area (Å²) in [5.74, 6) is 1.47. The molecular formula is C17H27NO2S2. The lowest BCUT2D eigenvalue weighted by Gasteiger charge is -2.26. The molecule has 2 heterocycles. The Morgan fingerprint density at radius 2 is 2.27 bits per heavy atom. The molecule has 22 heavy (non-hydrogen) atoms. The highest BCUT2D eigenvalue weighted by Gasteiger charge is 2.32. The maximum absolute atomic E-state index is 12.1. The summed E-state index contributed by atoms with van der Waals surface area (Å²) in [5.41, 5.74) is -0.566. The lowest BCUT2D eigenvalue weighted by molar-refractivity contribution is -0.128. The van der Waals surface area contributed by atoms with Crippen molar-refractivity contribution < 1.29 is 9.90 Å². The van der Waals surface area contributed by atoms with Gasteiger partial charge in [0.25, 0.3) is 0 Å². The summed E-state index contributed by atoms with van der Waals surface area (Å²) in [6.07, 6.45) is 4.05. The van der Waals surface area contributed by atoms with E-state index in [0.29, 0.717) is 17.0 Å². The van der Waals surface area contributed by atoms with Crippen molar-refractivity contribution in [1.29, 1.82) is 0 Å². The van der Waals surface area contributed by atoms with E-state index in [1.807, 2.05) is 24.8 Å². The molecule has 0 radical (unpaired) electrons. The van der Waals surface area contributed by atoms with E-state index in [-0.39, 0.29) is 5.91 Å². The summed E-state index contributed by atoms with van der Waals surface area (Å²) in [5, 5.41) is 12.2. The first-order valence-corrected chi connectivity index (χ1v) is 9.94. The molecule has 5 heteroatoms. The zero-order valence-corrected chi connectivity index (χ0v) is 15.4. The van der Waals surface area contributed by atoms with Crippen LogP contribution in [-0.2, 0) is 11.3 Å². The minimum Gasteiger partial charge on any atom is -0.390 e. The molecule has 0 saturated carbocycles. The largest absolute Gasteiger partial charge is 0.390 e. The second-order valence-corrected chi connectivity index (χ2v) is 9.11. The summed E-state index contributed by atoms with van der Waals surface area (Å²) >= 11 is 3.50. The van der Waals surface area contributed by atoms with E-state index in [9.17, 15) is 9.90 Å². The van der Waals surface area contributed by atoms with Crippen LogP contribution in [0.1, 0.15) is 51.3 Å². The summed E-state index contributed by atoms with van der Waals surface area (Å²) in [6.45, 7) is 6.75. The molecule has 0 spiro atoms. The van der Waals surface area contributed by atoms with Crippen LogP contribution < -0.4 is 0 Å². The Morgan fingerprint density at radius 1 is 1.50 bits per heavy atom. The molecule has 1 saturated heterocycles. The van der Waals surface area contributed by atoms with Crippen LogP contribution >= 0.6 is 23.1 Å². The van der Waals surface area contributed by atoms with Gasteiger partial charge in [-0.1, -0.05) is 25.8 Å². The van der Waals surface area contributed by atoms with Gasteiger partial charge in [0.1, 0.15) is 0 Å². The number of thiophene rings is 1. The van der Waals surface area contributed by atoms with Crippen LogP contribution in [0.25, 0.3) is 0 Å². The molecule has 0 bridgehead atoms. The Labute approximate surface area is 142 Å². The highest BCUT2D eigenvalue weighted by atomic mass is 32.2. The number of aliphatic hydroxyl groups is 1. The fourth-order valence-corrected chi connectivity index (χ4v) is 4.84. The smallest absolute Gasteiger partial charge is 0.233 e. The first-order chi connectivity index (χ1) is 10.3. The number of hydrogen-bond donors (Lipinski definition) is 1. The van der Waals surface area contributed by atoms with Crippen molar-refractivity contribution in [2.45, 2.75) is 64.0 Å². The monoisotopic (exact) mass is 341 g/mol. The Morgan fingerprint density at radius 3 is 2.91 bits per heavy atom. The molecule has 1 amide bonds. The van der Waals surface area contributed by atoms with Crippen LogP contribution in [0, 0.1) is 5.92 Å². The van der Waals surface area contributed by atoms with Gasteiger partial charge in [0.15, 0.2) is 0 Å². The molecule has 2 unspecified atom stereocenters. The van der Waals surface area contributed by atoms with Crippen molar-refractivity contribution in [3.05, 3.63) is 22.4 Å². The minimum absolute atomic E-state index is 0.270. The minimum atomic E-state index is -0.566. The first kappa shape index (κ1) is 17.8. The molecule has 124 valence electrons. The fourth-order valence-electron chi connectivity index (χ4n) is 2.80. The maximum Gasteiger partial charge on any atom is 0.233 e. The molecule has 1 N–H and O–H groups in total. The zero-order chi connectivity index (χ0) is 16.2. The van der Waals surface area contributed by atoms with E-state index in [4.69, 9.17) is 0 Å². The number of carbonyl (C=O) groups excluding carboxylic acids is 1. The topological polar surface area (TPSA) is 40.5 Å².